The van der Waals surface area contributed by atoms with Crippen LogP contribution in [0.25, 0.3) is 0 Å². The van der Waals surface area contributed by atoms with Crippen molar-refractivity contribution in [1.82, 2.24) is 0 Å². The number of nitro benzene ring substituents is 1. The predicted molar refractivity (Wildman–Crippen MR) is 76.9 cm³/mol. The summed E-state index contributed by atoms with van der Waals surface area (Å²) in [5.41, 5.74) is 10.9. The number of hydrogen-bond acceptors (Lipinski definition) is 5. The average molecular weight is 293 g/mol. The monoisotopic (exact) mass is 293 g/mol. The molecule has 1 aromatic carbocycles. The summed E-state index contributed by atoms with van der Waals surface area (Å²) < 4.78 is 5.68. The second kappa shape index (κ2) is 5.69. The number of rotatable bonds is 5. The van der Waals surface area contributed by atoms with E-state index in [9.17, 15) is 14.9 Å². The number of primary amides is 1. The van der Waals surface area contributed by atoms with Crippen LogP contribution in [0.2, 0.25) is 0 Å². The second-order valence-corrected chi connectivity index (χ2v) is 5.42. The first-order valence-corrected chi connectivity index (χ1v) is 6.88. The summed E-state index contributed by atoms with van der Waals surface area (Å²) in [7, 11) is 0. The minimum Gasteiger partial charge on any atom is -0.483 e. The minimum atomic E-state index is -1.08. The van der Waals surface area contributed by atoms with Gasteiger partial charge in [-0.15, -0.1) is 0 Å². The van der Waals surface area contributed by atoms with Gasteiger partial charge in [0.2, 0.25) is 5.91 Å². The predicted octanol–water partition coefficient (Wildman–Crippen LogP) is 1.27. The van der Waals surface area contributed by atoms with Crippen molar-refractivity contribution in [3.63, 3.8) is 0 Å². The molecule has 1 aliphatic rings. The first-order chi connectivity index (χ1) is 9.85. The van der Waals surface area contributed by atoms with E-state index < -0.39 is 16.4 Å². The van der Waals surface area contributed by atoms with Crippen LogP contribution in [0.1, 0.15) is 31.7 Å². The lowest BCUT2D eigenvalue weighted by Gasteiger charge is -2.19. The van der Waals surface area contributed by atoms with Gasteiger partial charge in [0.15, 0.2) is 5.75 Å². The standard InChI is InChI=1S/C14H19N3O4/c1-2-9-3-4-12(11(7-9)17(19)20)21-10-5-6-14(16,8-10)13(15)18/h3-4,7,10H,2,5-6,8,16H2,1H3,(H2,15,18). The zero-order chi connectivity index (χ0) is 15.6. The lowest BCUT2D eigenvalue weighted by molar-refractivity contribution is -0.386. The Balaban J connectivity index is 2.17. The van der Waals surface area contributed by atoms with Crippen LogP contribution in [0.4, 0.5) is 5.69 Å². The lowest BCUT2D eigenvalue weighted by Crippen LogP contribution is -2.50. The van der Waals surface area contributed by atoms with Crippen molar-refractivity contribution >= 4 is 11.6 Å². The summed E-state index contributed by atoms with van der Waals surface area (Å²) in [6.45, 7) is 1.92. The van der Waals surface area contributed by atoms with Crippen molar-refractivity contribution in [2.75, 3.05) is 0 Å². The Morgan fingerprint density at radius 2 is 2.29 bits per heavy atom. The second-order valence-electron chi connectivity index (χ2n) is 5.42. The largest absolute Gasteiger partial charge is 0.483 e. The molecule has 7 heteroatoms. The van der Waals surface area contributed by atoms with Crippen LogP contribution in [0.15, 0.2) is 18.2 Å². The van der Waals surface area contributed by atoms with E-state index in [0.717, 1.165) is 5.56 Å². The molecular formula is C14H19N3O4. The normalized spacial score (nSPS) is 24.8. The maximum atomic E-state index is 11.3. The summed E-state index contributed by atoms with van der Waals surface area (Å²) in [5.74, 6) is -0.361. The number of carbonyl (C=O) groups is 1. The van der Waals surface area contributed by atoms with Crippen molar-refractivity contribution in [1.29, 1.82) is 0 Å². The first-order valence-electron chi connectivity index (χ1n) is 6.88. The van der Waals surface area contributed by atoms with E-state index in [1.165, 1.54) is 6.07 Å². The molecule has 0 aromatic heterocycles. The molecule has 21 heavy (non-hydrogen) atoms. The number of nitrogens with zero attached hydrogens (tertiary/aromatic N) is 1. The highest BCUT2D eigenvalue weighted by molar-refractivity contribution is 5.84. The molecule has 0 aliphatic heterocycles. The number of hydrogen-bond donors (Lipinski definition) is 2. The van der Waals surface area contributed by atoms with Gasteiger partial charge in [-0.2, -0.15) is 0 Å². The molecule has 0 bridgehead atoms. The van der Waals surface area contributed by atoms with Crippen LogP contribution < -0.4 is 16.2 Å². The molecular weight excluding hydrogens is 274 g/mol. The van der Waals surface area contributed by atoms with Crippen molar-refractivity contribution in [3.8, 4) is 5.75 Å². The molecule has 1 amide bonds. The molecule has 1 saturated carbocycles. The van der Waals surface area contributed by atoms with Gasteiger partial charge >= 0.3 is 5.69 Å². The van der Waals surface area contributed by atoms with Crippen LogP contribution >= 0.6 is 0 Å². The van der Waals surface area contributed by atoms with Gasteiger partial charge in [-0.3, -0.25) is 14.9 Å². The molecule has 1 fully saturated rings. The van der Waals surface area contributed by atoms with Gasteiger partial charge < -0.3 is 16.2 Å². The van der Waals surface area contributed by atoms with E-state index in [1.807, 2.05) is 6.92 Å². The fourth-order valence-electron chi connectivity index (χ4n) is 2.56. The van der Waals surface area contributed by atoms with Crippen LogP contribution in [0.5, 0.6) is 5.75 Å². The zero-order valence-electron chi connectivity index (χ0n) is 11.9. The Morgan fingerprint density at radius 1 is 1.57 bits per heavy atom. The highest BCUT2D eigenvalue weighted by atomic mass is 16.6. The van der Waals surface area contributed by atoms with E-state index in [4.69, 9.17) is 16.2 Å². The van der Waals surface area contributed by atoms with Crippen molar-refractivity contribution in [2.45, 2.75) is 44.2 Å². The highest BCUT2D eigenvalue weighted by Crippen LogP contribution is 2.35. The molecule has 0 spiro atoms. The van der Waals surface area contributed by atoms with Crippen LogP contribution in [-0.4, -0.2) is 22.5 Å². The van der Waals surface area contributed by atoms with E-state index in [2.05, 4.69) is 0 Å². The molecule has 2 unspecified atom stereocenters. The number of nitro groups is 1. The smallest absolute Gasteiger partial charge is 0.311 e. The quantitative estimate of drug-likeness (QED) is 0.625. The highest BCUT2D eigenvalue weighted by Gasteiger charge is 2.42. The van der Waals surface area contributed by atoms with E-state index in [0.29, 0.717) is 19.3 Å². The molecule has 4 N–H and O–H groups in total. The van der Waals surface area contributed by atoms with Gasteiger partial charge in [-0.05, 0) is 30.9 Å². The minimum absolute atomic E-state index is 0.0667. The number of ether oxygens (including phenoxy) is 1. The van der Waals surface area contributed by atoms with Crippen LogP contribution in [0, 0.1) is 10.1 Å². The van der Waals surface area contributed by atoms with Gasteiger partial charge in [0, 0.05) is 12.5 Å². The van der Waals surface area contributed by atoms with E-state index in [1.54, 1.807) is 12.1 Å². The van der Waals surface area contributed by atoms with Crippen molar-refractivity contribution < 1.29 is 14.5 Å². The summed E-state index contributed by atoms with van der Waals surface area (Å²) in [4.78, 5) is 22.0. The summed E-state index contributed by atoms with van der Waals surface area (Å²) in [5, 5.41) is 11.1. The molecule has 0 heterocycles. The SMILES string of the molecule is CCc1ccc(OC2CCC(N)(C(N)=O)C2)c([N+](=O)[O-])c1. The molecule has 7 nitrogen and oxygen atoms in total. The Bertz CT molecular complexity index is 575. The third-order valence-corrected chi connectivity index (χ3v) is 3.92. The molecule has 2 atom stereocenters. The Labute approximate surface area is 122 Å². The van der Waals surface area contributed by atoms with E-state index in [-0.39, 0.29) is 24.0 Å². The molecule has 2 rings (SSSR count). The molecule has 0 saturated heterocycles. The van der Waals surface area contributed by atoms with Crippen LogP contribution in [0.3, 0.4) is 0 Å². The molecule has 114 valence electrons. The van der Waals surface area contributed by atoms with Gasteiger partial charge in [-0.25, -0.2) is 0 Å². The van der Waals surface area contributed by atoms with Gasteiger partial charge in [-0.1, -0.05) is 13.0 Å². The number of amides is 1. The fraction of sp³-hybridized carbons (Fsp3) is 0.500. The first kappa shape index (κ1) is 15.2. The van der Waals surface area contributed by atoms with Gasteiger partial charge in [0.1, 0.15) is 6.10 Å². The third kappa shape index (κ3) is 3.13. The summed E-state index contributed by atoms with van der Waals surface area (Å²) >= 11 is 0. The number of aryl methyl sites for hydroxylation is 1. The molecule has 0 radical (unpaired) electrons. The Morgan fingerprint density at radius 3 is 2.81 bits per heavy atom. The van der Waals surface area contributed by atoms with Crippen molar-refractivity contribution in [3.05, 3.63) is 33.9 Å². The van der Waals surface area contributed by atoms with Gasteiger partial charge in [0.05, 0.1) is 10.5 Å². The Hall–Kier alpha value is -2.15. The van der Waals surface area contributed by atoms with Crippen LogP contribution in [-0.2, 0) is 11.2 Å². The average Bonchev–Trinajstić information content (AvgIpc) is 2.82. The topological polar surface area (TPSA) is 121 Å². The molecule has 1 aliphatic carbocycles. The number of nitrogens with two attached hydrogens (primary N) is 2. The fourth-order valence-corrected chi connectivity index (χ4v) is 2.56. The molecule has 1 aromatic rings. The lowest BCUT2D eigenvalue weighted by atomic mass is 9.99. The Kier molecular flexibility index (Phi) is 4.13. The third-order valence-electron chi connectivity index (χ3n) is 3.92. The summed E-state index contributed by atoms with van der Waals surface area (Å²) in [6.07, 6.45) is 1.61. The van der Waals surface area contributed by atoms with Crippen molar-refractivity contribution in [2.24, 2.45) is 11.5 Å². The van der Waals surface area contributed by atoms with Gasteiger partial charge in [0.25, 0.3) is 0 Å². The summed E-state index contributed by atoms with van der Waals surface area (Å²) in [6, 6.07) is 4.90. The number of carbonyl (C=O) groups excluding carboxylic acids is 1. The van der Waals surface area contributed by atoms with E-state index >= 15 is 0 Å². The number of benzene rings is 1. The maximum Gasteiger partial charge on any atom is 0.311 e. The maximum absolute atomic E-state index is 11.3. The zero-order valence-corrected chi connectivity index (χ0v) is 11.9.